The molecule has 0 atom stereocenters. The fraction of sp³-hybridized carbons (Fsp3) is 0.148. The molecule has 0 bridgehead atoms. The Hall–Kier alpha value is -3.73. The van der Waals surface area contributed by atoms with Gasteiger partial charge in [0.1, 0.15) is 18.2 Å². The lowest BCUT2D eigenvalue weighted by Gasteiger charge is -2.13. The van der Waals surface area contributed by atoms with Gasteiger partial charge in [0.05, 0.1) is 17.1 Å². The minimum Gasteiger partial charge on any atom is -0.391 e. The normalized spacial score (nSPS) is 11.6. The summed E-state index contributed by atoms with van der Waals surface area (Å²) in [7, 11) is 0. The molecule has 32 heavy (non-hydrogen) atoms. The van der Waals surface area contributed by atoms with Crippen LogP contribution in [-0.2, 0) is 11.4 Å². The quantitative estimate of drug-likeness (QED) is 0.239. The molecule has 0 aliphatic carbocycles. The molecule has 1 aromatic heterocycles. The van der Waals surface area contributed by atoms with Crippen LogP contribution >= 0.6 is 0 Å². The summed E-state index contributed by atoms with van der Waals surface area (Å²) < 4.78 is 30.0. The van der Waals surface area contributed by atoms with Gasteiger partial charge in [0, 0.05) is 11.3 Å². The van der Waals surface area contributed by atoms with Gasteiger partial charge < -0.3 is 9.40 Å². The third-order valence-corrected chi connectivity index (χ3v) is 5.42. The summed E-state index contributed by atoms with van der Waals surface area (Å²) in [6.07, 6.45) is 0. The highest BCUT2D eigenvalue weighted by Gasteiger charge is 2.19. The number of halogens is 2. The van der Waals surface area contributed by atoms with E-state index in [-0.39, 0.29) is 11.6 Å². The molecule has 0 aliphatic heterocycles. The molecule has 3 aromatic carbocycles. The summed E-state index contributed by atoms with van der Waals surface area (Å²) in [5, 5.41) is 4.30. The van der Waals surface area contributed by atoms with E-state index >= 15 is 0 Å². The van der Waals surface area contributed by atoms with Crippen molar-refractivity contribution in [3.05, 3.63) is 113 Å². The molecule has 0 N–H and O–H groups in total. The van der Waals surface area contributed by atoms with Gasteiger partial charge in [-0.2, -0.15) is 0 Å². The van der Waals surface area contributed by atoms with Crippen molar-refractivity contribution in [2.75, 3.05) is 0 Å². The number of hydrogen-bond donors (Lipinski definition) is 0. The number of oxime groups is 1. The first-order valence-electron chi connectivity index (χ1n) is 10.4. The standard InChI is InChI=1S/C27H24F2N2O/c1-18-8-10-21(11-9-18)17-32-30-19(2)24-16-27(22-12-14-23(28)15-13-22)31(20(24)3)26-7-5-4-6-25(26)29/h4-16H,17H2,1-3H3. The number of benzene rings is 3. The number of nitrogens with zero attached hydrogens (tertiary/aromatic N) is 2. The average molecular weight is 430 g/mol. The summed E-state index contributed by atoms with van der Waals surface area (Å²) in [4.78, 5) is 5.59. The molecule has 0 saturated carbocycles. The molecule has 0 radical (unpaired) electrons. The average Bonchev–Trinajstić information content (AvgIpc) is 3.13. The van der Waals surface area contributed by atoms with Gasteiger partial charge >= 0.3 is 0 Å². The van der Waals surface area contributed by atoms with Gasteiger partial charge in [0.25, 0.3) is 0 Å². The van der Waals surface area contributed by atoms with E-state index in [1.54, 1.807) is 30.3 Å². The lowest BCUT2D eigenvalue weighted by Crippen LogP contribution is -2.04. The Labute approximate surface area is 186 Å². The van der Waals surface area contributed by atoms with Crippen LogP contribution < -0.4 is 0 Å². The number of para-hydroxylation sites is 1. The Morgan fingerprint density at radius 1 is 0.906 bits per heavy atom. The van der Waals surface area contributed by atoms with Crippen LogP contribution in [0.5, 0.6) is 0 Å². The van der Waals surface area contributed by atoms with Crippen LogP contribution in [0.2, 0.25) is 0 Å². The maximum atomic E-state index is 14.7. The maximum Gasteiger partial charge on any atom is 0.147 e. The van der Waals surface area contributed by atoms with Crippen LogP contribution in [-0.4, -0.2) is 10.3 Å². The molecule has 0 saturated heterocycles. The Kier molecular flexibility index (Phi) is 6.17. The lowest BCUT2D eigenvalue weighted by molar-refractivity contribution is 0.130. The van der Waals surface area contributed by atoms with Gasteiger partial charge in [-0.1, -0.05) is 47.1 Å². The van der Waals surface area contributed by atoms with E-state index < -0.39 is 0 Å². The Balaban J connectivity index is 1.72. The highest BCUT2D eigenvalue weighted by atomic mass is 19.1. The molecule has 4 aromatic rings. The SMILES string of the molecule is CC(=NOCc1ccc(C)cc1)c1cc(-c2ccc(F)cc2)n(-c2ccccc2F)c1C. The van der Waals surface area contributed by atoms with Gasteiger partial charge in [-0.25, -0.2) is 8.78 Å². The Morgan fingerprint density at radius 2 is 1.59 bits per heavy atom. The zero-order valence-corrected chi connectivity index (χ0v) is 18.3. The first kappa shape index (κ1) is 21.5. The predicted molar refractivity (Wildman–Crippen MR) is 124 cm³/mol. The van der Waals surface area contributed by atoms with E-state index in [0.717, 1.165) is 28.1 Å². The molecular weight excluding hydrogens is 406 g/mol. The molecule has 3 nitrogen and oxygen atoms in total. The first-order chi connectivity index (χ1) is 15.4. The Morgan fingerprint density at radius 3 is 2.28 bits per heavy atom. The van der Waals surface area contributed by atoms with E-state index in [2.05, 4.69) is 5.16 Å². The van der Waals surface area contributed by atoms with E-state index in [1.165, 1.54) is 23.8 Å². The summed E-state index contributed by atoms with van der Waals surface area (Å²) in [6.45, 7) is 6.16. The third-order valence-electron chi connectivity index (χ3n) is 5.42. The second-order valence-electron chi connectivity index (χ2n) is 7.76. The van der Waals surface area contributed by atoms with Gasteiger partial charge in [-0.05, 0) is 74.4 Å². The highest BCUT2D eigenvalue weighted by Crippen LogP contribution is 2.31. The topological polar surface area (TPSA) is 26.5 Å². The zero-order valence-electron chi connectivity index (χ0n) is 18.3. The van der Waals surface area contributed by atoms with Crippen LogP contribution in [0.15, 0.2) is 84.0 Å². The molecule has 0 aliphatic rings. The molecule has 4 rings (SSSR count). The van der Waals surface area contributed by atoms with Crippen molar-refractivity contribution in [3.63, 3.8) is 0 Å². The van der Waals surface area contributed by atoms with E-state index in [0.29, 0.717) is 18.0 Å². The maximum absolute atomic E-state index is 14.7. The molecule has 162 valence electrons. The lowest BCUT2D eigenvalue weighted by atomic mass is 10.1. The molecule has 0 spiro atoms. The molecule has 0 fully saturated rings. The minimum atomic E-state index is -0.341. The van der Waals surface area contributed by atoms with Crippen LogP contribution in [0, 0.1) is 25.5 Å². The van der Waals surface area contributed by atoms with Gasteiger partial charge in [0.2, 0.25) is 0 Å². The van der Waals surface area contributed by atoms with Crippen LogP contribution in [0.3, 0.4) is 0 Å². The number of rotatable bonds is 6. The van der Waals surface area contributed by atoms with Crippen molar-refractivity contribution in [1.82, 2.24) is 4.57 Å². The summed E-state index contributed by atoms with van der Waals surface area (Å²) >= 11 is 0. The fourth-order valence-electron chi connectivity index (χ4n) is 3.69. The third kappa shape index (κ3) is 4.47. The molecule has 0 amide bonds. The second kappa shape index (κ2) is 9.18. The fourth-order valence-corrected chi connectivity index (χ4v) is 3.69. The number of aromatic nitrogens is 1. The summed E-state index contributed by atoms with van der Waals surface area (Å²) in [5.74, 6) is -0.664. The van der Waals surface area contributed by atoms with Crippen molar-refractivity contribution in [1.29, 1.82) is 0 Å². The van der Waals surface area contributed by atoms with Crippen molar-refractivity contribution in [2.24, 2.45) is 5.16 Å². The molecule has 0 unspecified atom stereocenters. The second-order valence-corrected chi connectivity index (χ2v) is 7.76. The van der Waals surface area contributed by atoms with Crippen molar-refractivity contribution >= 4 is 5.71 Å². The largest absolute Gasteiger partial charge is 0.391 e. The summed E-state index contributed by atoms with van der Waals surface area (Å²) in [5.41, 5.74) is 6.47. The highest BCUT2D eigenvalue weighted by molar-refractivity contribution is 6.01. The van der Waals surface area contributed by atoms with Gasteiger partial charge in [0.15, 0.2) is 0 Å². The van der Waals surface area contributed by atoms with Crippen molar-refractivity contribution < 1.29 is 13.6 Å². The first-order valence-corrected chi connectivity index (χ1v) is 10.4. The van der Waals surface area contributed by atoms with E-state index in [4.69, 9.17) is 4.84 Å². The number of hydrogen-bond acceptors (Lipinski definition) is 2. The Bertz CT molecular complexity index is 1260. The van der Waals surface area contributed by atoms with Gasteiger partial charge in [-0.15, -0.1) is 0 Å². The monoisotopic (exact) mass is 430 g/mol. The minimum absolute atomic E-state index is 0.322. The summed E-state index contributed by atoms with van der Waals surface area (Å²) in [6, 6.07) is 22.8. The molecule has 5 heteroatoms. The van der Waals surface area contributed by atoms with Crippen LogP contribution in [0.4, 0.5) is 8.78 Å². The van der Waals surface area contributed by atoms with Crippen LogP contribution in [0.1, 0.15) is 29.3 Å². The van der Waals surface area contributed by atoms with Crippen LogP contribution in [0.25, 0.3) is 16.9 Å². The van der Waals surface area contributed by atoms with E-state index in [1.807, 2.05) is 55.7 Å². The predicted octanol–water partition coefficient (Wildman–Crippen LogP) is 6.98. The van der Waals surface area contributed by atoms with E-state index in [9.17, 15) is 8.78 Å². The van der Waals surface area contributed by atoms with Crippen molar-refractivity contribution in [2.45, 2.75) is 27.4 Å². The van der Waals surface area contributed by atoms with Crippen molar-refractivity contribution in [3.8, 4) is 16.9 Å². The molecule has 1 heterocycles. The van der Waals surface area contributed by atoms with Gasteiger partial charge in [-0.3, -0.25) is 0 Å². The smallest absolute Gasteiger partial charge is 0.147 e. The molecular formula is C27H24F2N2O. The number of aryl methyl sites for hydroxylation is 1. The zero-order chi connectivity index (χ0) is 22.7.